The minimum Gasteiger partial charge on any atom is -0.497 e. The summed E-state index contributed by atoms with van der Waals surface area (Å²) >= 11 is 1.48. The summed E-state index contributed by atoms with van der Waals surface area (Å²) in [6.07, 6.45) is 1.35. The minimum absolute atomic E-state index is 0.144. The van der Waals surface area contributed by atoms with E-state index in [1.807, 2.05) is 17.7 Å². The van der Waals surface area contributed by atoms with Gasteiger partial charge in [-0.1, -0.05) is 0 Å². The van der Waals surface area contributed by atoms with Crippen molar-refractivity contribution in [1.29, 1.82) is 0 Å². The van der Waals surface area contributed by atoms with E-state index in [9.17, 15) is 9.59 Å². The Morgan fingerprint density at radius 2 is 2.03 bits per heavy atom. The Balaban J connectivity index is 1.97. The summed E-state index contributed by atoms with van der Waals surface area (Å²) in [6.45, 7) is 9.66. The van der Waals surface area contributed by atoms with Gasteiger partial charge in [-0.3, -0.25) is 9.89 Å². The number of rotatable bonds is 9. The van der Waals surface area contributed by atoms with Crippen LogP contribution in [-0.4, -0.2) is 61.3 Å². The van der Waals surface area contributed by atoms with Gasteiger partial charge in [-0.25, -0.2) is 14.6 Å². The lowest BCUT2D eigenvalue weighted by molar-refractivity contribution is 0.0576. The zero-order valence-electron chi connectivity index (χ0n) is 22.0. The Morgan fingerprint density at radius 1 is 1.27 bits per heavy atom. The third-order valence-electron chi connectivity index (χ3n) is 5.35. The number of fused-ring (bicyclic) bond motifs is 1. The summed E-state index contributed by atoms with van der Waals surface area (Å²) < 4.78 is 16.5. The predicted octanol–water partition coefficient (Wildman–Crippen LogP) is 5.29. The molecule has 1 aliphatic heterocycles. The molecule has 11 heteroatoms. The number of anilines is 2. The lowest BCUT2D eigenvalue weighted by Gasteiger charge is -2.31. The molecular formula is C26H33N5O5S. The van der Waals surface area contributed by atoms with Crippen molar-refractivity contribution in [1.82, 2.24) is 9.88 Å². The predicted molar refractivity (Wildman–Crippen MR) is 147 cm³/mol. The zero-order valence-corrected chi connectivity index (χ0v) is 22.8. The highest BCUT2D eigenvalue weighted by Crippen LogP contribution is 2.30. The van der Waals surface area contributed by atoms with Crippen molar-refractivity contribution < 1.29 is 23.8 Å². The summed E-state index contributed by atoms with van der Waals surface area (Å²) in [4.78, 5) is 37.7. The van der Waals surface area contributed by atoms with Crippen LogP contribution in [0.1, 0.15) is 32.0 Å². The van der Waals surface area contributed by atoms with E-state index in [-0.39, 0.29) is 25.7 Å². The van der Waals surface area contributed by atoms with E-state index < -0.39 is 11.7 Å². The van der Waals surface area contributed by atoms with Crippen molar-refractivity contribution in [2.75, 3.05) is 37.2 Å². The van der Waals surface area contributed by atoms with Gasteiger partial charge in [-0.05, 0) is 63.4 Å². The van der Waals surface area contributed by atoms with Crippen LogP contribution < -0.4 is 19.7 Å². The summed E-state index contributed by atoms with van der Waals surface area (Å²) in [7, 11) is 3.13. The molecule has 0 fully saturated rings. The molecule has 1 aliphatic rings. The number of ether oxygens (including phenoxy) is 3. The normalized spacial score (nSPS) is 13.4. The quantitative estimate of drug-likeness (QED) is 0.442. The number of carbonyl (C=O) groups is 2. The molecule has 1 aromatic carbocycles. The molecule has 0 aliphatic carbocycles. The lowest BCUT2D eigenvalue weighted by Crippen LogP contribution is -2.41. The molecule has 0 bridgehead atoms. The first-order valence-electron chi connectivity index (χ1n) is 11.5. The number of urea groups is 1. The molecule has 3 rings (SSSR count). The summed E-state index contributed by atoms with van der Waals surface area (Å²) in [6, 6.07) is 8.54. The fraction of sp³-hybridized carbons (Fsp3) is 0.385. The number of hydrogen-bond acceptors (Lipinski definition) is 8. The molecule has 0 spiro atoms. The lowest BCUT2D eigenvalue weighted by atomic mass is 10.1. The number of hydrogen-bond donors (Lipinski definition) is 1. The number of nitrogens with one attached hydrogen (secondary N) is 1. The fourth-order valence-electron chi connectivity index (χ4n) is 3.61. The second-order valence-electron chi connectivity index (χ2n) is 9.20. The molecule has 0 saturated carbocycles. The van der Waals surface area contributed by atoms with E-state index in [0.29, 0.717) is 34.4 Å². The largest absolute Gasteiger partial charge is 0.497 e. The number of pyridine rings is 1. The first-order chi connectivity index (χ1) is 17.6. The van der Waals surface area contributed by atoms with E-state index >= 15 is 0 Å². The number of aromatic nitrogens is 1. The Morgan fingerprint density at radius 3 is 2.65 bits per heavy atom. The number of thioether (sulfide) groups is 1. The van der Waals surface area contributed by atoms with Gasteiger partial charge >= 0.3 is 12.1 Å². The van der Waals surface area contributed by atoms with Crippen LogP contribution in [0.25, 0.3) is 0 Å². The second kappa shape index (κ2) is 12.0. The van der Waals surface area contributed by atoms with Gasteiger partial charge < -0.3 is 24.4 Å². The van der Waals surface area contributed by atoms with Gasteiger partial charge in [0.05, 0.1) is 50.9 Å². The Kier molecular flexibility index (Phi) is 9.04. The van der Waals surface area contributed by atoms with Crippen LogP contribution in [-0.2, 0) is 17.8 Å². The van der Waals surface area contributed by atoms with Crippen molar-refractivity contribution >= 4 is 42.1 Å². The van der Waals surface area contributed by atoms with Crippen LogP contribution in [0.3, 0.4) is 0 Å². The maximum absolute atomic E-state index is 13.3. The molecule has 0 radical (unpaired) electrons. The van der Waals surface area contributed by atoms with Gasteiger partial charge in [-0.2, -0.15) is 0 Å². The van der Waals surface area contributed by atoms with Gasteiger partial charge in [0.1, 0.15) is 22.9 Å². The van der Waals surface area contributed by atoms with Gasteiger partial charge in [0.2, 0.25) is 0 Å². The van der Waals surface area contributed by atoms with Crippen LogP contribution in [0.4, 0.5) is 21.1 Å². The third-order valence-corrected chi connectivity index (χ3v) is 5.86. The molecule has 37 heavy (non-hydrogen) atoms. The number of methoxy groups -OCH3 is 2. The number of benzene rings is 1. The fourth-order valence-corrected chi connectivity index (χ4v) is 4.04. The smallest absolute Gasteiger partial charge is 0.416 e. The van der Waals surface area contributed by atoms with E-state index in [4.69, 9.17) is 19.2 Å². The molecule has 2 heterocycles. The number of nitrogens with zero attached hydrogens (tertiary/aromatic N) is 4. The third kappa shape index (κ3) is 7.16. The molecule has 1 N–H and O–H groups in total. The van der Waals surface area contributed by atoms with Crippen LogP contribution in [0.5, 0.6) is 11.5 Å². The highest BCUT2D eigenvalue weighted by Gasteiger charge is 2.29. The van der Waals surface area contributed by atoms with Crippen molar-refractivity contribution in [3.8, 4) is 11.5 Å². The van der Waals surface area contributed by atoms with Crippen molar-refractivity contribution in [3.63, 3.8) is 0 Å². The van der Waals surface area contributed by atoms with Gasteiger partial charge in [0.25, 0.3) is 0 Å². The van der Waals surface area contributed by atoms with Crippen molar-refractivity contribution in [3.05, 3.63) is 52.7 Å². The molecule has 198 valence electrons. The van der Waals surface area contributed by atoms with Gasteiger partial charge in [0.15, 0.2) is 0 Å². The van der Waals surface area contributed by atoms with E-state index in [2.05, 4.69) is 17.0 Å². The minimum atomic E-state index is -0.712. The van der Waals surface area contributed by atoms with E-state index in [1.165, 1.54) is 16.7 Å². The number of amides is 3. The van der Waals surface area contributed by atoms with Gasteiger partial charge in [0, 0.05) is 11.6 Å². The summed E-state index contributed by atoms with van der Waals surface area (Å²) in [5, 5.41) is 4.69. The summed E-state index contributed by atoms with van der Waals surface area (Å²) in [5.41, 5.74) is 1.89. The van der Waals surface area contributed by atoms with Crippen LogP contribution in [0.2, 0.25) is 0 Å². The topological polar surface area (TPSA) is 106 Å². The molecule has 1 aromatic heterocycles. The van der Waals surface area contributed by atoms with Gasteiger partial charge in [-0.15, -0.1) is 11.8 Å². The summed E-state index contributed by atoms with van der Waals surface area (Å²) in [5.74, 6) is 1.58. The molecule has 0 saturated heterocycles. The SMILES string of the molecule is C=N/C(=C\SC)CN1Cc2nc(N(Cc3ccc(OC)cc3OC)C(=O)OC(C)(C)C)ccc2NC1=O. The van der Waals surface area contributed by atoms with E-state index in [1.54, 1.807) is 64.2 Å². The maximum atomic E-state index is 13.3. The molecule has 0 unspecified atom stereocenters. The number of carbonyl (C=O) groups excluding carboxylic acids is 2. The standard InChI is InChI=1S/C26H33N5O5S/c1-26(2,3)36-25(33)31(13-17-8-9-19(34-5)12-22(17)35-6)23-11-10-20-21(28-23)15-30(24(32)29-20)14-18(27-4)16-37-7/h8-12,16H,4,13-15H2,1-3,5-7H3,(H,29,32)/b18-16-. The number of aliphatic imine (C=N–C) groups is 1. The maximum Gasteiger partial charge on any atom is 0.416 e. The van der Waals surface area contributed by atoms with Crippen molar-refractivity contribution in [2.45, 2.75) is 39.5 Å². The van der Waals surface area contributed by atoms with Crippen LogP contribution >= 0.6 is 11.8 Å². The Bertz CT molecular complexity index is 1190. The highest BCUT2D eigenvalue weighted by molar-refractivity contribution is 8.01. The molecule has 0 atom stereocenters. The average molecular weight is 528 g/mol. The first kappa shape index (κ1) is 27.9. The monoisotopic (exact) mass is 527 g/mol. The highest BCUT2D eigenvalue weighted by atomic mass is 32.2. The Labute approximate surface area is 221 Å². The Hall–Kier alpha value is -3.73. The molecular weight excluding hydrogens is 494 g/mol. The molecule has 10 nitrogen and oxygen atoms in total. The van der Waals surface area contributed by atoms with Crippen molar-refractivity contribution in [2.24, 2.45) is 4.99 Å². The van der Waals surface area contributed by atoms with E-state index in [0.717, 1.165) is 5.56 Å². The molecule has 3 amide bonds. The second-order valence-corrected chi connectivity index (χ2v) is 9.90. The van der Waals surface area contributed by atoms with Crippen LogP contribution in [0.15, 0.2) is 46.4 Å². The van der Waals surface area contributed by atoms with Crippen LogP contribution in [0, 0.1) is 0 Å². The molecule has 2 aromatic rings. The average Bonchev–Trinajstić information content (AvgIpc) is 2.86. The first-order valence-corrected chi connectivity index (χ1v) is 12.8. The zero-order chi connectivity index (χ0) is 27.2.